The highest BCUT2D eigenvalue weighted by Gasteiger charge is 2.11. The molecule has 0 radical (unpaired) electrons. The normalized spacial score (nSPS) is 16.9. The van der Waals surface area contributed by atoms with E-state index in [9.17, 15) is 0 Å². The summed E-state index contributed by atoms with van der Waals surface area (Å²) in [7, 11) is 4.27. The van der Waals surface area contributed by atoms with Gasteiger partial charge in [-0.2, -0.15) is 0 Å². The lowest BCUT2D eigenvalue weighted by Crippen LogP contribution is -2.30. The molecule has 0 saturated heterocycles. The molecule has 2 N–H and O–H groups in total. The second kappa shape index (κ2) is 5.56. The number of rotatable bonds is 5. The van der Waals surface area contributed by atoms with E-state index in [0.29, 0.717) is 12.0 Å². The molecule has 0 bridgehead atoms. The van der Waals surface area contributed by atoms with Gasteiger partial charge in [0, 0.05) is 6.04 Å². The second-order valence-electron chi connectivity index (χ2n) is 3.60. The first-order chi connectivity index (χ1) is 5.11. The number of hydrogen-bond donors (Lipinski definition) is 1. The van der Waals surface area contributed by atoms with Crippen LogP contribution in [0.2, 0.25) is 0 Å². The molecular formula is C9H22N2. The molecule has 68 valence electrons. The van der Waals surface area contributed by atoms with Crippen molar-refractivity contribution in [3.8, 4) is 0 Å². The molecule has 0 aromatic carbocycles. The summed E-state index contributed by atoms with van der Waals surface area (Å²) in [4.78, 5) is 2.28. The maximum atomic E-state index is 5.56. The van der Waals surface area contributed by atoms with Crippen LogP contribution < -0.4 is 5.73 Å². The Morgan fingerprint density at radius 2 is 1.91 bits per heavy atom. The lowest BCUT2D eigenvalue weighted by atomic mass is 9.99. The quantitative estimate of drug-likeness (QED) is 0.653. The zero-order chi connectivity index (χ0) is 8.85. The SMILES string of the molecule is CCC(CC(C)CN)N(C)C. The van der Waals surface area contributed by atoms with Gasteiger partial charge in [0.25, 0.3) is 0 Å². The van der Waals surface area contributed by atoms with Crippen LogP contribution in [0.25, 0.3) is 0 Å². The second-order valence-corrected chi connectivity index (χ2v) is 3.60. The van der Waals surface area contributed by atoms with Crippen molar-refractivity contribution in [1.29, 1.82) is 0 Å². The Labute approximate surface area is 70.8 Å². The minimum Gasteiger partial charge on any atom is -0.330 e. The van der Waals surface area contributed by atoms with E-state index in [1.54, 1.807) is 0 Å². The Morgan fingerprint density at radius 1 is 1.36 bits per heavy atom. The summed E-state index contributed by atoms with van der Waals surface area (Å²) in [6, 6.07) is 0.702. The summed E-state index contributed by atoms with van der Waals surface area (Å²) in [5.41, 5.74) is 5.56. The lowest BCUT2D eigenvalue weighted by molar-refractivity contribution is 0.245. The molecular weight excluding hydrogens is 136 g/mol. The Hall–Kier alpha value is -0.0800. The number of nitrogens with two attached hydrogens (primary N) is 1. The van der Waals surface area contributed by atoms with Crippen LogP contribution in [-0.4, -0.2) is 31.6 Å². The zero-order valence-electron chi connectivity index (χ0n) is 8.30. The zero-order valence-corrected chi connectivity index (χ0v) is 8.30. The molecule has 0 fully saturated rings. The summed E-state index contributed by atoms with van der Waals surface area (Å²) in [5, 5.41) is 0. The molecule has 0 aromatic rings. The molecule has 0 saturated carbocycles. The summed E-state index contributed by atoms with van der Waals surface area (Å²) in [5.74, 6) is 0.655. The van der Waals surface area contributed by atoms with Crippen molar-refractivity contribution < 1.29 is 0 Å². The summed E-state index contributed by atoms with van der Waals surface area (Å²) < 4.78 is 0. The van der Waals surface area contributed by atoms with Gasteiger partial charge in [-0.05, 0) is 39.4 Å². The van der Waals surface area contributed by atoms with Gasteiger partial charge in [-0.15, -0.1) is 0 Å². The molecule has 0 amide bonds. The van der Waals surface area contributed by atoms with E-state index in [2.05, 4.69) is 32.8 Å². The van der Waals surface area contributed by atoms with Crippen LogP contribution in [0, 0.1) is 5.92 Å². The first kappa shape index (κ1) is 10.9. The molecule has 0 aliphatic carbocycles. The highest BCUT2D eigenvalue weighted by molar-refractivity contribution is 4.67. The van der Waals surface area contributed by atoms with E-state index in [-0.39, 0.29) is 0 Å². The van der Waals surface area contributed by atoms with Crippen molar-refractivity contribution in [2.24, 2.45) is 11.7 Å². The van der Waals surface area contributed by atoms with E-state index in [0.717, 1.165) is 6.54 Å². The van der Waals surface area contributed by atoms with Gasteiger partial charge >= 0.3 is 0 Å². The van der Waals surface area contributed by atoms with E-state index in [1.165, 1.54) is 12.8 Å². The van der Waals surface area contributed by atoms with Crippen molar-refractivity contribution in [3.05, 3.63) is 0 Å². The van der Waals surface area contributed by atoms with Gasteiger partial charge in [0.2, 0.25) is 0 Å². The Kier molecular flexibility index (Phi) is 5.51. The van der Waals surface area contributed by atoms with Gasteiger partial charge in [-0.1, -0.05) is 13.8 Å². The maximum Gasteiger partial charge on any atom is 0.00895 e. The molecule has 0 aromatic heterocycles. The molecule has 2 nitrogen and oxygen atoms in total. The van der Waals surface area contributed by atoms with Gasteiger partial charge in [-0.25, -0.2) is 0 Å². The molecule has 2 heteroatoms. The summed E-state index contributed by atoms with van der Waals surface area (Å²) in [6.45, 7) is 5.25. The van der Waals surface area contributed by atoms with Crippen LogP contribution in [0.3, 0.4) is 0 Å². The Morgan fingerprint density at radius 3 is 2.18 bits per heavy atom. The fourth-order valence-corrected chi connectivity index (χ4v) is 1.30. The molecule has 2 atom stereocenters. The van der Waals surface area contributed by atoms with E-state index in [4.69, 9.17) is 5.73 Å². The van der Waals surface area contributed by atoms with Gasteiger partial charge in [0.15, 0.2) is 0 Å². The van der Waals surface area contributed by atoms with E-state index < -0.39 is 0 Å². The molecule has 2 unspecified atom stereocenters. The van der Waals surface area contributed by atoms with Crippen molar-refractivity contribution in [2.45, 2.75) is 32.7 Å². The number of nitrogens with zero attached hydrogens (tertiary/aromatic N) is 1. The first-order valence-electron chi connectivity index (χ1n) is 4.48. The first-order valence-corrected chi connectivity index (χ1v) is 4.48. The molecule has 0 aliphatic heterocycles. The van der Waals surface area contributed by atoms with Gasteiger partial charge < -0.3 is 10.6 Å². The third kappa shape index (κ3) is 4.38. The lowest BCUT2D eigenvalue weighted by Gasteiger charge is -2.25. The van der Waals surface area contributed by atoms with Crippen LogP contribution in [0.1, 0.15) is 26.7 Å². The van der Waals surface area contributed by atoms with Crippen LogP contribution in [0.4, 0.5) is 0 Å². The smallest absolute Gasteiger partial charge is 0.00895 e. The monoisotopic (exact) mass is 158 g/mol. The minimum atomic E-state index is 0.655. The predicted octanol–water partition coefficient (Wildman–Crippen LogP) is 1.31. The molecule has 0 rings (SSSR count). The summed E-state index contributed by atoms with van der Waals surface area (Å²) >= 11 is 0. The molecule has 0 heterocycles. The predicted molar refractivity (Wildman–Crippen MR) is 50.6 cm³/mol. The summed E-state index contributed by atoms with van der Waals surface area (Å²) in [6.07, 6.45) is 2.44. The van der Waals surface area contributed by atoms with E-state index >= 15 is 0 Å². The standard InChI is InChI=1S/C9H22N2/c1-5-9(11(3)4)6-8(2)7-10/h8-9H,5-7,10H2,1-4H3. The largest absolute Gasteiger partial charge is 0.330 e. The van der Waals surface area contributed by atoms with Crippen molar-refractivity contribution >= 4 is 0 Å². The van der Waals surface area contributed by atoms with Crippen LogP contribution in [0.5, 0.6) is 0 Å². The average Bonchev–Trinajstić information content (AvgIpc) is 1.99. The van der Waals surface area contributed by atoms with Gasteiger partial charge in [0.1, 0.15) is 0 Å². The average molecular weight is 158 g/mol. The Balaban J connectivity index is 3.68. The van der Waals surface area contributed by atoms with Crippen LogP contribution in [-0.2, 0) is 0 Å². The fourth-order valence-electron chi connectivity index (χ4n) is 1.30. The minimum absolute atomic E-state index is 0.655. The highest BCUT2D eigenvalue weighted by atomic mass is 15.1. The fraction of sp³-hybridized carbons (Fsp3) is 1.00. The molecule has 0 aliphatic rings. The topological polar surface area (TPSA) is 29.3 Å². The Bertz CT molecular complexity index is 91.6. The molecule has 11 heavy (non-hydrogen) atoms. The van der Waals surface area contributed by atoms with Crippen molar-refractivity contribution in [1.82, 2.24) is 4.90 Å². The molecule has 0 spiro atoms. The third-order valence-corrected chi connectivity index (χ3v) is 2.28. The van der Waals surface area contributed by atoms with Crippen LogP contribution in [0.15, 0.2) is 0 Å². The maximum absolute atomic E-state index is 5.56. The van der Waals surface area contributed by atoms with Crippen molar-refractivity contribution in [3.63, 3.8) is 0 Å². The van der Waals surface area contributed by atoms with Gasteiger partial charge in [0.05, 0.1) is 0 Å². The van der Waals surface area contributed by atoms with Crippen molar-refractivity contribution in [2.75, 3.05) is 20.6 Å². The highest BCUT2D eigenvalue weighted by Crippen LogP contribution is 2.11. The van der Waals surface area contributed by atoms with Crippen LogP contribution >= 0.6 is 0 Å². The van der Waals surface area contributed by atoms with E-state index in [1.807, 2.05) is 0 Å². The number of hydrogen-bond acceptors (Lipinski definition) is 2. The third-order valence-electron chi connectivity index (χ3n) is 2.28. The van der Waals surface area contributed by atoms with Gasteiger partial charge in [-0.3, -0.25) is 0 Å².